The van der Waals surface area contributed by atoms with Crippen LogP contribution >= 0.6 is 27.7 Å². The third-order valence-corrected chi connectivity index (χ3v) is 4.25. The Morgan fingerprint density at radius 3 is 2.71 bits per heavy atom. The van der Waals surface area contributed by atoms with Crippen molar-refractivity contribution in [1.29, 1.82) is 5.26 Å². The topological polar surface area (TPSA) is 35.8 Å². The van der Waals surface area contributed by atoms with E-state index in [-0.39, 0.29) is 6.04 Å². The molecule has 1 rings (SSSR count). The molecule has 2 nitrogen and oxygen atoms in total. The second kappa shape index (κ2) is 7.75. The lowest BCUT2D eigenvalue weighted by Gasteiger charge is -2.14. The van der Waals surface area contributed by atoms with Gasteiger partial charge in [0.15, 0.2) is 0 Å². The first kappa shape index (κ1) is 14.6. The van der Waals surface area contributed by atoms with Gasteiger partial charge in [-0.25, -0.2) is 0 Å². The van der Waals surface area contributed by atoms with E-state index in [2.05, 4.69) is 47.2 Å². The Kier molecular flexibility index (Phi) is 6.64. The third kappa shape index (κ3) is 5.58. The molecule has 0 fully saturated rings. The van der Waals surface area contributed by atoms with Crippen molar-refractivity contribution < 1.29 is 0 Å². The molecular weight excluding hydrogens is 296 g/mol. The maximum atomic E-state index is 9.00. The average Bonchev–Trinajstić information content (AvgIpc) is 2.29. The molecule has 0 amide bonds. The summed E-state index contributed by atoms with van der Waals surface area (Å²) in [7, 11) is 0. The van der Waals surface area contributed by atoms with E-state index in [0.29, 0.717) is 6.04 Å². The summed E-state index contributed by atoms with van der Waals surface area (Å²) < 4.78 is 1.12. The van der Waals surface area contributed by atoms with Crippen LogP contribution in [0.5, 0.6) is 0 Å². The van der Waals surface area contributed by atoms with Gasteiger partial charge < -0.3 is 0 Å². The van der Waals surface area contributed by atoms with E-state index in [0.717, 1.165) is 16.6 Å². The van der Waals surface area contributed by atoms with E-state index >= 15 is 0 Å². The van der Waals surface area contributed by atoms with E-state index in [1.54, 1.807) is 11.8 Å². The predicted octanol–water partition coefficient (Wildman–Crippen LogP) is 3.82. The van der Waals surface area contributed by atoms with E-state index in [1.165, 1.54) is 4.90 Å². The van der Waals surface area contributed by atoms with Crippen LogP contribution in [0.25, 0.3) is 0 Å². The number of thioether (sulfide) groups is 1. The van der Waals surface area contributed by atoms with E-state index in [9.17, 15) is 0 Å². The Morgan fingerprint density at radius 1 is 1.41 bits per heavy atom. The maximum absolute atomic E-state index is 9.00. The van der Waals surface area contributed by atoms with Crippen LogP contribution < -0.4 is 5.32 Å². The lowest BCUT2D eigenvalue weighted by Crippen LogP contribution is -2.33. The number of hydrogen-bond donors (Lipinski definition) is 1. The number of nitrogens with zero attached hydrogens (tertiary/aromatic N) is 1. The normalized spacial score (nSPS) is 12.4. The number of halogens is 1. The zero-order chi connectivity index (χ0) is 12.7. The predicted molar refractivity (Wildman–Crippen MR) is 77.2 cm³/mol. The van der Waals surface area contributed by atoms with Crippen LogP contribution in [0.2, 0.25) is 0 Å². The summed E-state index contributed by atoms with van der Waals surface area (Å²) in [5.74, 6) is 0.945. The van der Waals surface area contributed by atoms with E-state index in [4.69, 9.17) is 5.26 Å². The molecule has 0 saturated carbocycles. The van der Waals surface area contributed by atoms with Gasteiger partial charge in [0.2, 0.25) is 0 Å². The largest absolute Gasteiger partial charge is 0.300 e. The summed E-state index contributed by atoms with van der Waals surface area (Å²) in [4.78, 5) is 1.23. The van der Waals surface area contributed by atoms with Gasteiger partial charge in [0, 0.05) is 21.2 Å². The van der Waals surface area contributed by atoms with Crippen LogP contribution in [-0.4, -0.2) is 17.8 Å². The minimum absolute atomic E-state index is 0.0509. The Balaban J connectivity index is 2.37. The minimum atomic E-state index is -0.0509. The molecule has 0 heterocycles. The fourth-order valence-corrected chi connectivity index (χ4v) is 3.02. The molecule has 0 aliphatic carbocycles. The van der Waals surface area contributed by atoms with Crippen molar-refractivity contribution in [3.05, 3.63) is 28.7 Å². The first-order valence-electron chi connectivity index (χ1n) is 5.66. The molecule has 1 atom stereocenters. The van der Waals surface area contributed by atoms with Crippen molar-refractivity contribution in [1.82, 2.24) is 5.32 Å². The summed E-state index contributed by atoms with van der Waals surface area (Å²) >= 11 is 5.30. The van der Waals surface area contributed by atoms with Gasteiger partial charge in [-0.3, -0.25) is 5.32 Å². The Hall–Kier alpha value is -0.500. The molecule has 4 heteroatoms. The highest BCUT2D eigenvalue weighted by Crippen LogP contribution is 2.27. The molecule has 0 radical (unpaired) electrons. The molecule has 17 heavy (non-hydrogen) atoms. The first-order chi connectivity index (χ1) is 8.13. The van der Waals surface area contributed by atoms with E-state index in [1.807, 2.05) is 18.2 Å². The fraction of sp³-hybridized carbons (Fsp3) is 0.462. The Bertz CT molecular complexity index is 387. The zero-order valence-corrected chi connectivity index (χ0v) is 12.5. The van der Waals surface area contributed by atoms with Crippen molar-refractivity contribution in [3.8, 4) is 6.07 Å². The monoisotopic (exact) mass is 312 g/mol. The average molecular weight is 313 g/mol. The molecule has 1 N–H and O–H groups in total. The number of rotatable bonds is 6. The molecule has 1 aromatic rings. The number of benzene rings is 1. The molecule has 0 spiro atoms. The van der Waals surface area contributed by atoms with Crippen LogP contribution in [0, 0.1) is 11.3 Å². The lowest BCUT2D eigenvalue weighted by atomic mass is 10.2. The van der Waals surface area contributed by atoms with Crippen LogP contribution in [-0.2, 0) is 0 Å². The highest BCUT2D eigenvalue weighted by atomic mass is 79.9. The maximum Gasteiger partial charge on any atom is 0.0962 e. The van der Waals surface area contributed by atoms with Gasteiger partial charge >= 0.3 is 0 Å². The van der Waals surface area contributed by atoms with Crippen molar-refractivity contribution in [2.45, 2.75) is 37.2 Å². The Morgan fingerprint density at radius 2 is 2.12 bits per heavy atom. The molecule has 0 bridgehead atoms. The molecule has 0 saturated heterocycles. The van der Waals surface area contributed by atoms with Gasteiger partial charge in [-0.1, -0.05) is 12.1 Å². The lowest BCUT2D eigenvalue weighted by molar-refractivity contribution is 0.522. The van der Waals surface area contributed by atoms with Gasteiger partial charge in [0.05, 0.1) is 12.1 Å². The second-order valence-electron chi connectivity index (χ2n) is 4.07. The fourth-order valence-electron chi connectivity index (χ4n) is 1.44. The third-order valence-electron chi connectivity index (χ3n) is 2.19. The molecule has 0 aromatic heterocycles. The standard InChI is InChI=1S/C13H17BrN2S/c1-10(2)16-11(9-15)7-8-17-13-6-4-3-5-12(13)14/h3-6,10-11,16H,7-8H2,1-2H3. The zero-order valence-electron chi connectivity index (χ0n) is 10.1. The highest BCUT2D eigenvalue weighted by Gasteiger charge is 2.08. The molecule has 1 aromatic carbocycles. The van der Waals surface area contributed by atoms with Crippen molar-refractivity contribution >= 4 is 27.7 Å². The summed E-state index contributed by atoms with van der Waals surface area (Å²) in [6.07, 6.45) is 0.862. The van der Waals surface area contributed by atoms with Crippen LogP contribution in [0.1, 0.15) is 20.3 Å². The smallest absolute Gasteiger partial charge is 0.0962 e. The van der Waals surface area contributed by atoms with Crippen LogP contribution in [0.3, 0.4) is 0 Å². The van der Waals surface area contributed by atoms with Gasteiger partial charge in [-0.15, -0.1) is 11.8 Å². The van der Waals surface area contributed by atoms with Crippen LogP contribution in [0.4, 0.5) is 0 Å². The first-order valence-corrected chi connectivity index (χ1v) is 7.44. The highest BCUT2D eigenvalue weighted by molar-refractivity contribution is 9.10. The molecule has 1 unspecified atom stereocenters. The summed E-state index contributed by atoms with van der Waals surface area (Å²) in [5.41, 5.74) is 0. The SMILES string of the molecule is CC(C)NC(C#N)CCSc1ccccc1Br. The minimum Gasteiger partial charge on any atom is -0.300 e. The second-order valence-corrected chi connectivity index (χ2v) is 6.06. The van der Waals surface area contributed by atoms with Crippen LogP contribution in [0.15, 0.2) is 33.6 Å². The number of nitriles is 1. The van der Waals surface area contributed by atoms with Gasteiger partial charge in [-0.2, -0.15) is 5.26 Å². The molecule has 0 aliphatic rings. The van der Waals surface area contributed by atoms with Gasteiger partial charge in [-0.05, 0) is 48.3 Å². The quantitative estimate of drug-likeness (QED) is 0.811. The number of nitrogens with one attached hydrogen (secondary N) is 1. The van der Waals surface area contributed by atoms with E-state index < -0.39 is 0 Å². The van der Waals surface area contributed by atoms with Crippen molar-refractivity contribution in [2.24, 2.45) is 0 Å². The summed E-state index contributed by atoms with van der Waals surface area (Å²) in [6, 6.07) is 10.8. The summed E-state index contributed by atoms with van der Waals surface area (Å²) in [5, 5.41) is 12.2. The van der Waals surface area contributed by atoms with Crippen molar-refractivity contribution in [2.75, 3.05) is 5.75 Å². The molecular formula is C13H17BrN2S. The van der Waals surface area contributed by atoms with Gasteiger partial charge in [0.25, 0.3) is 0 Å². The number of hydrogen-bond acceptors (Lipinski definition) is 3. The molecule has 92 valence electrons. The molecule has 0 aliphatic heterocycles. The Labute approximate surface area is 116 Å². The van der Waals surface area contributed by atoms with Gasteiger partial charge in [0.1, 0.15) is 0 Å². The van der Waals surface area contributed by atoms with Crippen molar-refractivity contribution in [3.63, 3.8) is 0 Å². The summed E-state index contributed by atoms with van der Waals surface area (Å²) in [6.45, 7) is 4.12.